The second-order valence-electron chi connectivity index (χ2n) is 7.22. The summed E-state index contributed by atoms with van der Waals surface area (Å²) in [6.07, 6.45) is 2.28. The topological polar surface area (TPSA) is 52.7 Å². The Labute approximate surface area is 151 Å². The summed E-state index contributed by atoms with van der Waals surface area (Å²) in [5, 5.41) is 3.06. The van der Waals surface area contributed by atoms with Crippen LogP contribution in [0.5, 0.6) is 0 Å². The predicted octanol–water partition coefficient (Wildman–Crippen LogP) is 2.23. The molecule has 0 aromatic heterocycles. The minimum absolute atomic E-state index is 0.0180. The van der Waals surface area contributed by atoms with Gasteiger partial charge < -0.3 is 15.1 Å². The molecular formula is C20H31N3O2. The number of nitrogens with one attached hydrogen (secondary N) is 1. The van der Waals surface area contributed by atoms with Crippen LogP contribution >= 0.6 is 0 Å². The summed E-state index contributed by atoms with van der Waals surface area (Å²) in [6, 6.07) is 8.29. The van der Waals surface area contributed by atoms with Gasteiger partial charge in [0, 0.05) is 19.5 Å². The van der Waals surface area contributed by atoms with Gasteiger partial charge in [-0.2, -0.15) is 0 Å². The number of hydrogen-bond acceptors (Lipinski definition) is 3. The smallest absolute Gasteiger partial charge is 0.225 e. The third-order valence-electron chi connectivity index (χ3n) is 4.87. The van der Waals surface area contributed by atoms with Crippen molar-refractivity contribution in [2.75, 3.05) is 33.7 Å². The Kier molecular flexibility index (Phi) is 7.00. The monoisotopic (exact) mass is 345 g/mol. The fourth-order valence-corrected chi connectivity index (χ4v) is 3.20. The van der Waals surface area contributed by atoms with E-state index in [2.05, 4.69) is 41.4 Å². The van der Waals surface area contributed by atoms with Crippen LogP contribution in [0.25, 0.3) is 0 Å². The lowest BCUT2D eigenvalue weighted by atomic mass is 10.0. The highest BCUT2D eigenvalue weighted by molar-refractivity contribution is 5.89. The maximum Gasteiger partial charge on any atom is 0.225 e. The van der Waals surface area contributed by atoms with E-state index < -0.39 is 0 Å². The first-order valence-electron chi connectivity index (χ1n) is 9.22. The van der Waals surface area contributed by atoms with Crippen LogP contribution in [0.4, 0.5) is 0 Å². The van der Waals surface area contributed by atoms with E-state index in [0.29, 0.717) is 13.0 Å². The molecule has 2 unspecified atom stereocenters. The molecular weight excluding hydrogens is 314 g/mol. The molecule has 1 saturated heterocycles. The second kappa shape index (κ2) is 8.99. The van der Waals surface area contributed by atoms with Crippen molar-refractivity contribution in [2.45, 2.75) is 39.2 Å². The zero-order chi connectivity index (χ0) is 18.4. The fraction of sp³-hybridized carbons (Fsp3) is 0.600. The van der Waals surface area contributed by atoms with Crippen LogP contribution in [0.2, 0.25) is 0 Å². The van der Waals surface area contributed by atoms with Gasteiger partial charge in [0.15, 0.2) is 0 Å². The Morgan fingerprint density at radius 3 is 2.60 bits per heavy atom. The Bertz CT molecular complexity index is 583. The molecule has 0 radical (unpaired) electrons. The van der Waals surface area contributed by atoms with E-state index in [9.17, 15) is 9.59 Å². The van der Waals surface area contributed by atoms with Crippen molar-refractivity contribution in [3.05, 3.63) is 35.4 Å². The summed E-state index contributed by atoms with van der Waals surface area (Å²) in [7, 11) is 4.05. The summed E-state index contributed by atoms with van der Waals surface area (Å²) in [6.45, 7) is 6.34. The van der Waals surface area contributed by atoms with Gasteiger partial charge >= 0.3 is 0 Å². The third-order valence-corrected chi connectivity index (χ3v) is 4.87. The summed E-state index contributed by atoms with van der Waals surface area (Å²) in [5.74, 6) is -0.154. The van der Waals surface area contributed by atoms with Crippen molar-refractivity contribution < 1.29 is 9.59 Å². The molecule has 1 heterocycles. The second-order valence-corrected chi connectivity index (χ2v) is 7.22. The zero-order valence-electron chi connectivity index (χ0n) is 15.9. The largest absolute Gasteiger partial charge is 0.349 e. The number of carbonyl (C=O) groups excluding carboxylic acids is 2. The Hall–Kier alpha value is -1.88. The summed E-state index contributed by atoms with van der Waals surface area (Å²) in [5.41, 5.74) is 2.38. The Morgan fingerprint density at radius 2 is 2.00 bits per heavy atom. The van der Waals surface area contributed by atoms with Crippen LogP contribution in [0.15, 0.2) is 24.3 Å². The summed E-state index contributed by atoms with van der Waals surface area (Å²) in [4.78, 5) is 28.6. The van der Waals surface area contributed by atoms with Crippen molar-refractivity contribution in [3.8, 4) is 0 Å². The first-order valence-corrected chi connectivity index (χ1v) is 9.22. The third kappa shape index (κ3) is 5.56. The van der Waals surface area contributed by atoms with Gasteiger partial charge in [-0.1, -0.05) is 31.2 Å². The quantitative estimate of drug-likeness (QED) is 0.786. The summed E-state index contributed by atoms with van der Waals surface area (Å²) < 4.78 is 0. The molecule has 5 heteroatoms. The molecule has 1 aliphatic heterocycles. The summed E-state index contributed by atoms with van der Waals surface area (Å²) >= 11 is 0. The van der Waals surface area contributed by atoms with Gasteiger partial charge in [-0.15, -0.1) is 0 Å². The number of rotatable bonds is 8. The first-order chi connectivity index (χ1) is 11.9. The van der Waals surface area contributed by atoms with Crippen molar-refractivity contribution in [2.24, 2.45) is 5.92 Å². The van der Waals surface area contributed by atoms with Crippen molar-refractivity contribution in [3.63, 3.8) is 0 Å². The molecule has 0 bridgehead atoms. The van der Waals surface area contributed by atoms with Crippen molar-refractivity contribution in [1.29, 1.82) is 0 Å². The predicted molar refractivity (Wildman–Crippen MR) is 100 cm³/mol. The number of aryl methyl sites for hydroxylation is 1. The average molecular weight is 345 g/mol. The molecule has 2 rings (SSSR count). The SMILES string of the molecule is CCc1ccc(C(C)NC(=O)C2CC(=O)N(CCCN(C)C)C2)cc1. The molecule has 1 aromatic rings. The number of likely N-dealkylation sites (tertiary alicyclic amines) is 1. The maximum absolute atomic E-state index is 12.5. The Balaban J connectivity index is 1.84. The van der Waals surface area contributed by atoms with Gasteiger partial charge in [0.2, 0.25) is 11.8 Å². The van der Waals surface area contributed by atoms with Crippen LogP contribution < -0.4 is 5.32 Å². The van der Waals surface area contributed by atoms with E-state index in [1.165, 1.54) is 5.56 Å². The highest BCUT2D eigenvalue weighted by atomic mass is 16.2. The molecule has 2 amide bonds. The maximum atomic E-state index is 12.5. The van der Waals surface area contributed by atoms with Gasteiger partial charge in [0.1, 0.15) is 0 Å². The Morgan fingerprint density at radius 1 is 1.32 bits per heavy atom. The molecule has 138 valence electrons. The number of amides is 2. The van der Waals surface area contributed by atoms with Crippen LogP contribution in [0.1, 0.15) is 43.9 Å². The molecule has 0 saturated carbocycles. The van der Waals surface area contributed by atoms with Gasteiger partial charge in [-0.25, -0.2) is 0 Å². The zero-order valence-corrected chi connectivity index (χ0v) is 15.9. The van der Waals surface area contributed by atoms with Gasteiger partial charge in [-0.05, 0) is 51.5 Å². The molecule has 1 aromatic carbocycles. The van der Waals surface area contributed by atoms with Gasteiger partial charge in [0.25, 0.3) is 0 Å². The molecule has 0 aliphatic carbocycles. The molecule has 1 aliphatic rings. The van der Waals surface area contributed by atoms with E-state index in [-0.39, 0.29) is 23.8 Å². The van der Waals surface area contributed by atoms with E-state index >= 15 is 0 Å². The highest BCUT2D eigenvalue weighted by Gasteiger charge is 2.34. The normalized spacial score (nSPS) is 18.7. The average Bonchev–Trinajstić information content (AvgIpc) is 2.95. The molecule has 0 spiro atoms. The lowest BCUT2D eigenvalue weighted by molar-refractivity contribution is -0.129. The van der Waals surface area contributed by atoms with E-state index in [0.717, 1.165) is 31.5 Å². The van der Waals surface area contributed by atoms with Crippen LogP contribution in [0, 0.1) is 5.92 Å². The lowest BCUT2D eigenvalue weighted by Gasteiger charge is -2.19. The number of benzene rings is 1. The molecule has 2 atom stereocenters. The van der Waals surface area contributed by atoms with Crippen LogP contribution in [-0.4, -0.2) is 55.3 Å². The van der Waals surface area contributed by atoms with Crippen molar-refractivity contribution in [1.82, 2.24) is 15.1 Å². The minimum Gasteiger partial charge on any atom is -0.349 e. The highest BCUT2D eigenvalue weighted by Crippen LogP contribution is 2.20. The van der Waals surface area contributed by atoms with Crippen molar-refractivity contribution >= 4 is 11.8 Å². The number of carbonyl (C=O) groups is 2. The molecule has 5 nitrogen and oxygen atoms in total. The van der Waals surface area contributed by atoms with E-state index in [4.69, 9.17) is 0 Å². The fourth-order valence-electron chi connectivity index (χ4n) is 3.20. The minimum atomic E-state index is -0.232. The lowest BCUT2D eigenvalue weighted by Crippen LogP contribution is -2.35. The standard InChI is InChI=1S/C20H31N3O2/c1-5-16-7-9-17(10-8-16)15(2)21-20(25)18-13-19(24)23(14-18)12-6-11-22(3)4/h7-10,15,18H,5-6,11-14H2,1-4H3,(H,21,25). The van der Waals surface area contributed by atoms with Gasteiger partial charge in [-0.3, -0.25) is 9.59 Å². The number of nitrogens with zero attached hydrogens (tertiary/aromatic N) is 2. The van der Waals surface area contributed by atoms with Gasteiger partial charge in [0.05, 0.1) is 12.0 Å². The molecule has 25 heavy (non-hydrogen) atoms. The van der Waals surface area contributed by atoms with E-state index in [1.807, 2.05) is 25.9 Å². The number of hydrogen-bond donors (Lipinski definition) is 1. The molecule has 1 N–H and O–H groups in total. The van der Waals surface area contributed by atoms with Crippen LogP contribution in [0.3, 0.4) is 0 Å². The first kappa shape index (κ1) is 19.4. The van der Waals surface area contributed by atoms with E-state index in [1.54, 1.807) is 0 Å². The molecule has 1 fully saturated rings. The van der Waals surface area contributed by atoms with Crippen LogP contribution in [-0.2, 0) is 16.0 Å².